The fraction of sp³-hybridized carbons (Fsp3) is 0.125. The minimum absolute atomic E-state index is 0.119. The normalized spacial score (nSPS) is 13.0. The number of aromatic nitrogens is 2. The first-order valence-electron chi connectivity index (χ1n) is 10.1. The molecule has 0 bridgehead atoms. The maximum Gasteiger partial charge on any atom is 0.418 e. The lowest BCUT2D eigenvalue weighted by molar-refractivity contribution is -0.136. The van der Waals surface area contributed by atoms with Gasteiger partial charge in [0.25, 0.3) is 5.91 Å². The van der Waals surface area contributed by atoms with E-state index in [4.69, 9.17) is 9.47 Å². The van der Waals surface area contributed by atoms with Gasteiger partial charge in [0, 0.05) is 18.5 Å². The number of pyridine rings is 1. The van der Waals surface area contributed by atoms with Crippen molar-refractivity contribution in [3.05, 3.63) is 83.7 Å². The smallest absolute Gasteiger partial charge is 0.418 e. The van der Waals surface area contributed by atoms with E-state index >= 15 is 0 Å². The van der Waals surface area contributed by atoms with Gasteiger partial charge in [-0.3, -0.25) is 14.7 Å². The van der Waals surface area contributed by atoms with Crippen LogP contribution >= 0.6 is 11.3 Å². The zero-order valence-electron chi connectivity index (χ0n) is 17.5. The summed E-state index contributed by atoms with van der Waals surface area (Å²) < 4.78 is 51.4. The van der Waals surface area contributed by atoms with Crippen LogP contribution in [0.2, 0.25) is 0 Å². The summed E-state index contributed by atoms with van der Waals surface area (Å²) in [6, 6.07) is 12.6. The Bertz CT molecular complexity index is 1390. The van der Waals surface area contributed by atoms with Crippen molar-refractivity contribution in [2.45, 2.75) is 12.7 Å². The monoisotopic (exact) mass is 483 g/mol. The number of rotatable bonds is 5. The molecular weight excluding hydrogens is 467 g/mol. The van der Waals surface area contributed by atoms with Crippen LogP contribution in [-0.2, 0) is 17.5 Å². The Morgan fingerprint density at radius 1 is 1.09 bits per heavy atom. The summed E-state index contributed by atoms with van der Waals surface area (Å²) in [5, 5.41) is 0.170. The van der Waals surface area contributed by atoms with E-state index in [-0.39, 0.29) is 24.0 Å². The highest BCUT2D eigenvalue weighted by Crippen LogP contribution is 2.39. The first-order valence-corrected chi connectivity index (χ1v) is 10.9. The molecule has 2 aromatic heterocycles. The number of hydrogen-bond donors (Lipinski definition) is 0. The van der Waals surface area contributed by atoms with E-state index in [0.717, 1.165) is 23.0 Å². The summed E-state index contributed by atoms with van der Waals surface area (Å²) in [6.45, 7) is 0.257. The van der Waals surface area contributed by atoms with Gasteiger partial charge in [-0.25, -0.2) is 4.98 Å². The highest BCUT2D eigenvalue weighted by atomic mass is 32.1. The van der Waals surface area contributed by atoms with Crippen LogP contribution in [-0.4, -0.2) is 22.7 Å². The van der Waals surface area contributed by atoms with E-state index in [1.807, 2.05) is 0 Å². The van der Waals surface area contributed by atoms with Crippen molar-refractivity contribution >= 4 is 38.7 Å². The van der Waals surface area contributed by atoms with Crippen molar-refractivity contribution in [1.29, 1.82) is 0 Å². The fourth-order valence-electron chi connectivity index (χ4n) is 3.47. The van der Waals surface area contributed by atoms with Crippen molar-refractivity contribution in [3.8, 4) is 11.5 Å². The first kappa shape index (κ1) is 21.9. The number of carbonyl (C=O) groups is 1. The summed E-state index contributed by atoms with van der Waals surface area (Å²) in [5.74, 6) is 0.772. The second kappa shape index (κ2) is 8.79. The Balaban J connectivity index is 1.50. The van der Waals surface area contributed by atoms with E-state index in [0.29, 0.717) is 21.8 Å². The van der Waals surface area contributed by atoms with Crippen molar-refractivity contribution in [2.24, 2.45) is 0 Å². The van der Waals surface area contributed by atoms with Crippen LogP contribution in [0.25, 0.3) is 16.3 Å². The summed E-state index contributed by atoms with van der Waals surface area (Å²) in [7, 11) is 0. The van der Waals surface area contributed by atoms with E-state index < -0.39 is 17.6 Å². The minimum Gasteiger partial charge on any atom is -0.454 e. The number of benzene rings is 2. The van der Waals surface area contributed by atoms with Crippen LogP contribution < -0.4 is 14.4 Å². The summed E-state index contributed by atoms with van der Waals surface area (Å²) in [5.41, 5.74) is 0.460. The third-order valence-corrected chi connectivity index (χ3v) is 6.16. The van der Waals surface area contributed by atoms with Gasteiger partial charge < -0.3 is 9.47 Å². The predicted octanol–water partition coefficient (Wildman–Crippen LogP) is 5.69. The lowest BCUT2D eigenvalue weighted by Gasteiger charge is -2.18. The first-order chi connectivity index (χ1) is 16.4. The van der Waals surface area contributed by atoms with Gasteiger partial charge in [-0.1, -0.05) is 23.5 Å². The lowest BCUT2D eigenvalue weighted by Crippen LogP contribution is -2.28. The molecule has 3 heterocycles. The van der Waals surface area contributed by atoms with E-state index in [2.05, 4.69) is 9.97 Å². The number of carbonyl (C=O) groups excluding carboxylic acids is 1. The summed E-state index contributed by atoms with van der Waals surface area (Å²) in [6.07, 6.45) is 1.58. The van der Waals surface area contributed by atoms with Crippen LogP contribution in [0.3, 0.4) is 0 Å². The lowest BCUT2D eigenvalue weighted by atomic mass is 10.2. The standard InChI is InChI=1S/C24H16F3N3O3S/c25-24(26,27)17-2-1-3-20-22(17)29-23(34-20)30(13-16-8-10-28-11-9-16)21(31)7-5-15-4-6-18-19(12-15)33-14-32-18/h1-12H,13-14H2/b7-5+. The molecule has 0 unspecified atom stereocenters. The molecule has 0 aliphatic carbocycles. The number of alkyl halides is 3. The maximum atomic E-state index is 13.5. The Labute approximate surface area is 195 Å². The molecule has 1 aliphatic rings. The Morgan fingerprint density at radius 2 is 1.88 bits per heavy atom. The Hall–Kier alpha value is -3.92. The summed E-state index contributed by atoms with van der Waals surface area (Å²) >= 11 is 1.03. The topological polar surface area (TPSA) is 64.6 Å². The second-order valence-electron chi connectivity index (χ2n) is 7.37. The molecular formula is C24H16F3N3O3S. The molecule has 4 aromatic rings. The number of hydrogen-bond acceptors (Lipinski definition) is 6. The van der Waals surface area contributed by atoms with Crippen molar-refractivity contribution in [2.75, 3.05) is 11.7 Å². The van der Waals surface area contributed by atoms with Gasteiger partial charge in [0.05, 0.1) is 22.3 Å². The maximum absolute atomic E-state index is 13.5. The number of para-hydroxylation sites is 1. The van der Waals surface area contributed by atoms with Gasteiger partial charge in [-0.2, -0.15) is 13.2 Å². The molecule has 0 saturated carbocycles. The fourth-order valence-corrected chi connectivity index (χ4v) is 4.46. The van der Waals surface area contributed by atoms with Crippen molar-refractivity contribution in [1.82, 2.24) is 9.97 Å². The molecule has 5 rings (SSSR count). The molecule has 2 aromatic carbocycles. The second-order valence-corrected chi connectivity index (χ2v) is 8.38. The van der Waals surface area contributed by atoms with Gasteiger partial charge in [-0.05, 0) is 53.6 Å². The number of thiazole rings is 1. The minimum atomic E-state index is -4.55. The highest BCUT2D eigenvalue weighted by molar-refractivity contribution is 7.22. The van der Waals surface area contributed by atoms with Crippen molar-refractivity contribution in [3.63, 3.8) is 0 Å². The van der Waals surface area contributed by atoms with Crippen LogP contribution in [0.4, 0.5) is 18.3 Å². The third-order valence-electron chi connectivity index (χ3n) is 5.12. The molecule has 0 N–H and O–H groups in total. The van der Waals surface area contributed by atoms with E-state index in [1.165, 1.54) is 17.0 Å². The van der Waals surface area contributed by atoms with E-state index in [1.54, 1.807) is 54.9 Å². The molecule has 34 heavy (non-hydrogen) atoms. The van der Waals surface area contributed by atoms with Crippen LogP contribution in [0.15, 0.2) is 67.0 Å². The zero-order valence-corrected chi connectivity index (χ0v) is 18.3. The molecule has 1 aliphatic heterocycles. The quantitative estimate of drug-likeness (QED) is 0.342. The number of nitrogens with zero attached hydrogens (tertiary/aromatic N) is 3. The Kier molecular flexibility index (Phi) is 5.66. The number of ether oxygens (including phenoxy) is 2. The Morgan fingerprint density at radius 3 is 2.68 bits per heavy atom. The van der Waals surface area contributed by atoms with Crippen LogP contribution in [0.5, 0.6) is 11.5 Å². The highest BCUT2D eigenvalue weighted by Gasteiger charge is 2.34. The van der Waals surface area contributed by atoms with Gasteiger partial charge in [-0.15, -0.1) is 0 Å². The number of amides is 1. The molecule has 0 fully saturated rings. The molecule has 0 spiro atoms. The van der Waals surface area contributed by atoms with Gasteiger partial charge in [0.2, 0.25) is 6.79 Å². The SMILES string of the molecule is O=C(/C=C/c1ccc2c(c1)OCO2)N(Cc1ccncc1)c1nc2c(C(F)(F)F)cccc2s1. The molecule has 6 nitrogen and oxygen atoms in total. The zero-order chi connectivity index (χ0) is 23.7. The average molecular weight is 483 g/mol. The molecule has 10 heteroatoms. The predicted molar refractivity (Wildman–Crippen MR) is 122 cm³/mol. The van der Waals surface area contributed by atoms with Crippen molar-refractivity contribution < 1.29 is 27.4 Å². The summed E-state index contributed by atoms with van der Waals surface area (Å²) in [4.78, 5) is 22.8. The van der Waals surface area contributed by atoms with Gasteiger partial charge in [0.15, 0.2) is 16.6 Å². The van der Waals surface area contributed by atoms with Gasteiger partial charge in [0.1, 0.15) is 0 Å². The largest absolute Gasteiger partial charge is 0.454 e. The number of halogens is 3. The third kappa shape index (κ3) is 4.44. The number of fused-ring (bicyclic) bond motifs is 2. The molecule has 1 amide bonds. The van der Waals surface area contributed by atoms with Crippen LogP contribution in [0, 0.1) is 0 Å². The molecule has 0 saturated heterocycles. The molecule has 172 valence electrons. The van der Waals surface area contributed by atoms with E-state index in [9.17, 15) is 18.0 Å². The van der Waals surface area contributed by atoms with Crippen LogP contribution in [0.1, 0.15) is 16.7 Å². The van der Waals surface area contributed by atoms with Gasteiger partial charge >= 0.3 is 6.18 Å². The number of anilines is 1. The molecule has 0 atom stereocenters. The molecule has 0 radical (unpaired) electrons. The average Bonchev–Trinajstić information content (AvgIpc) is 3.47.